The molecule has 0 nitrogen and oxygen atoms in total. The van der Waals surface area contributed by atoms with E-state index in [0.29, 0.717) is 0 Å². The summed E-state index contributed by atoms with van der Waals surface area (Å²) in [5, 5.41) is 0. The van der Waals surface area contributed by atoms with E-state index in [4.69, 9.17) is 0 Å². The first-order valence-corrected chi connectivity index (χ1v) is 6.17. The van der Waals surface area contributed by atoms with Crippen LogP contribution in [0.15, 0.2) is 44.7 Å². The molecule has 2 aromatic rings. The van der Waals surface area contributed by atoms with E-state index in [0.717, 1.165) is 4.47 Å². The van der Waals surface area contributed by atoms with Crippen molar-refractivity contribution in [3.8, 4) is 10.4 Å². The summed E-state index contributed by atoms with van der Waals surface area (Å²) in [5.41, 5.74) is 1.25. The topological polar surface area (TPSA) is 0 Å². The zero-order valence-electron chi connectivity index (χ0n) is 6.63. The molecular weight excluding hydrogens is 312 g/mol. The van der Waals surface area contributed by atoms with Crippen molar-refractivity contribution in [1.82, 2.24) is 0 Å². The monoisotopic (exact) mass is 316 g/mol. The molecule has 13 heavy (non-hydrogen) atoms. The molecule has 0 saturated carbocycles. The second-order valence-electron chi connectivity index (χ2n) is 2.61. The SMILES string of the molecule is Brc1cccc(-c2ccc(Br)s2)c1. The third-order valence-electron chi connectivity index (χ3n) is 1.68. The van der Waals surface area contributed by atoms with Crippen molar-refractivity contribution >= 4 is 43.2 Å². The molecule has 3 heteroatoms. The zero-order valence-corrected chi connectivity index (χ0v) is 10.6. The lowest BCUT2D eigenvalue weighted by molar-refractivity contribution is 1.65. The Morgan fingerprint density at radius 1 is 1.00 bits per heavy atom. The molecule has 0 atom stereocenters. The first-order valence-electron chi connectivity index (χ1n) is 3.77. The lowest BCUT2D eigenvalue weighted by Crippen LogP contribution is -1.70. The Morgan fingerprint density at radius 3 is 2.46 bits per heavy atom. The van der Waals surface area contributed by atoms with Gasteiger partial charge in [0.2, 0.25) is 0 Å². The minimum Gasteiger partial charge on any atom is -0.128 e. The molecule has 0 aliphatic carbocycles. The number of thiophene rings is 1. The van der Waals surface area contributed by atoms with E-state index in [1.165, 1.54) is 14.2 Å². The summed E-state index contributed by atoms with van der Waals surface area (Å²) in [6, 6.07) is 12.5. The fourth-order valence-electron chi connectivity index (χ4n) is 1.11. The van der Waals surface area contributed by atoms with Crippen LogP contribution in [0, 0.1) is 0 Å². The van der Waals surface area contributed by atoms with Crippen LogP contribution in [0.2, 0.25) is 0 Å². The van der Waals surface area contributed by atoms with Crippen molar-refractivity contribution < 1.29 is 0 Å². The maximum absolute atomic E-state index is 3.46. The average Bonchev–Trinajstić information content (AvgIpc) is 2.52. The predicted molar refractivity (Wildman–Crippen MR) is 65.2 cm³/mol. The number of hydrogen-bond acceptors (Lipinski definition) is 1. The van der Waals surface area contributed by atoms with Crippen molar-refractivity contribution in [3.05, 3.63) is 44.7 Å². The normalized spacial score (nSPS) is 10.3. The molecule has 1 aromatic carbocycles. The Morgan fingerprint density at radius 2 is 1.85 bits per heavy atom. The Hall–Kier alpha value is -0.120. The second-order valence-corrected chi connectivity index (χ2v) is 5.99. The molecule has 0 unspecified atom stereocenters. The largest absolute Gasteiger partial charge is 0.128 e. The molecule has 1 heterocycles. The molecule has 0 spiro atoms. The van der Waals surface area contributed by atoms with Gasteiger partial charge >= 0.3 is 0 Å². The molecule has 0 aliphatic heterocycles. The minimum absolute atomic E-state index is 1.12. The molecule has 1 aromatic heterocycles. The fraction of sp³-hybridized carbons (Fsp3) is 0. The van der Waals surface area contributed by atoms with Gasteiger partial charge in [-0.05, 0) is 45.8 Å². The number of benzene rings is 1. The van der Waals surface area contributed by atoms with Crippen LogP contribution in [0.5, 0.6) is 0 Å². The maximum Gasteiger partial charge on any atom is 0.0705 e. The number of rotatable bonds is 1. The third-order valence-corrected chi connectivity index (χ3v) is 3.85. The zero-order chi connectivity index (χ0) is 9.26. The quantitative estimate of drug-likeness (QED) is 0.699. The minimum atomic E-state index is 1.12. The molecule has 0 radical (unpaired) electrons. The lowest BCUT2D eigenvalue weighted by atomic mass is 10.2. The Bertz CT molecular complexity index is 420. The molecule has 0 amide bonds. The van der Waals surface area contributed by atoms with E-state index < -0.39 is 0 Å². The van der Waals surface area contributed by atoms with E-state index in [1.807, 2.05) is 12.1 Å². The summed E-state index contributed by atoms with van der Waals surface area (Å²) in [7, 11) is 0. The molecule has 2 rings (SSSR count). The van der Waals surface area contributed by atoms with Gasteiger partial charge in [-0.15, -0.1) is 11.3 Å². The summed E-state index contributed by atoms with van der Waals surface area (Å²) in [6.07, 6.45) is 0. The maximum atomic E-state index is 3.46. The summed E-state index contributed by atoms with van der Waals surface area (Å²) in [6.45, 7) is 0. The van der Waals surface area contributed by atoms with E-state index in [1.54, 1.807) is 11.3 Å². The molecular formula is C10H6Br2S. The summed E-state index contributed by atoms with van der Waals surface area (Å²) in [5.74, 6) is 0. The molecule has 0 N–H and O–H groups in total. The van der Waals surface area contributed by atoms with Gasteiger partial charge in [-0.2, -0.15) is 0 Å². The van der Waals surface area contributed by atoms with Gasteiger partial charge in [-0.1, -0.05) is 28.1 Å². The highest BCUT2D eigenvalue weighted by atomic mass is 79.9. The van der Waals surface area contributed by atoms with Gasteiger partial charge in [0.05, 0.1) is 3.79 Å². The van der Waals surface area contributed by atoms with Crippen molar-refractivity contribution in [1.29, 1.82) is 0 Å². The van der Waals surface area contributed by atoms with Gasteiger partial charge in [-0.25, -0.2) is 0 Å². The van der Waals surface area contributed by atoms with E-state index in [9.17, 15) is 0 Å². The summed E-state index contributed by atoms with van der Waals surface area (Å²) >= 11 is 8.66. The first-order chi connectivity index (χ1) is 6.25. The van der Waals surface area contributed by atoms with Crippen LogP contribution >= 0.6 is 43.2 Å². The smallest absolute Gasteiger partial charge is 0.0705 e. The van der Waals surface area contributed by atoms with Crippen LogP contribution in [-0.4, -0.2) is 0 Å². The van der Waals surface area contributed by atoms with Gasteiger partial charge in [0.15, 0.2) is 0 Å². The summed E-state index contributed by atoms with van der Waals surface area (Å²) < 4.78 is 2.29. The van der Waals surface area contributed by atoms with Crippen LogP contribution < -0.4 is 0 Å². The Balaban J connectivity index is 2.46. The van der Waals surface area contributed by atoms with Crippen LogP contribution in [0.4, 0.5) is 0 Å². The van der Waals surface area contributed by atoms with Crippen molar-refractivity contribution in [3.63, 3.8) is 0 Å². The number of halogens is 2. The van der Waals surface area contributed by atoms with Gasteiger partial charge in [0.25, 0.3) is 0 Å². The summed E-state index contributed by atoms with van der Waals surface area (Å²) in [4.78, 5) is 1.29. The third kappa shape index (κ3) is 2.22. The van der Waals surface area contributed by atoms with Crippen molar-refractivity contribution in [2.24, 2.45) is 0 Å². The van der Waals surface area contributed by atoms with E-state index >= 15 is 0 Å². The van der Waals surface area contributed by atoms with Gasteiger partial charge in [-0.3, -0.25) is 0 Å². The highest BCUT2D eigenvalue weighted by Gasteiger charge is 2.00. The van der Waals surface area contributed by atoms with Gasteiger partial charge in [0, 0.05) is 9.35 Å². The Labute approximate surface area is 97.9 Å². The lowest BCUT2D eigenvalue weighted by Gasteiger charge is -1.96. The number of hydrogen-bond donors (Lipinski definition) is 0. The molecule has 0 aliphatic rings. The molecule has 0 saturated heterocycles. The average molecular weight is 318 g/mol. The second kappa shape index (κ2) is 3.95. The van der Waals surface area contributed by atoms with Crippen molar-refractivity contribution in [2.75, 3.05) is 0 Å². The molecule has 0 bridgehead atoms. The van der Waals surface area contributed by atoms with E-state index in [2.05, 4.69) is 56.1 Å². The van der Waals surface area contributed by atoms with E-state index in [-0.39, 0.29) is 0 Å². The highest BCUT2D eigenvalue weighted by Crippen LogP contribution is 2.32. The first kappa shape index (κ1) is 9.44. The van der Waals surface area contributed by atoms with Gasteiger partial charge in [0.1, 0.15) is 0 Å². The van der Waals surface area contributed by atoms with Crippen molar-refractivity contribution in [2.45, 2.75) is 0 Å². The fourth-order valence-corrected chi connectivity index (χ4v) is 2.89. The highest BCUT2D eigenvalue weighted by molar-refractivity contribution is 9.11. The molecule has 66 valence electrons. The molecule has 0 fully saturated rings. The van der Waals surface area contributed by atoms with Crippen LogP contribution in [-0.2, 0) is 0 Å². The van der Waals surface area contributed by atoms with Gasteiger partial charge < -0.3 is 0 Å². The predicted octanol–water partition coefficient (Wildman–Crippen LogP) is 4.94. The standard InChI is InChI=1S/C10H6Br2S/c11-8-3-1-2-7(6-8)9-4-5-10(12)13-9/h1-6H. The van der Waals surface area contributed by atoms with Crippen LogP contribution in [0.1, 0.15) is 0 Å². The Kier molecular flexibility index (Phi) is 2.86. The van der Waals surface area contributed by atoms with Crippen LogP contribution in [0.3, 0.4) is 0 Å². The van der Waals surface area contributed by atoms with Crippen LogP contribution in [0.25, 0.3) is 10.4 Å².